The molecular weight excluding hydrogens is 378 g/mol. The number of ether oxygens (including phenoxy) is 2. The van der Waals surface area contributed by atoms with Gasteiger partial charge in [0.1, 0.15) is 5.75 Å². The van der Waals surface area contributed by atoms with Gasteiger partial charge < -0.3 is 14.8 Å². The lowest BCUT2D eigenvalue weighted by Gasteiger charge is -2.16. The zero-order valence-electron chi connectivity index (χ0n) is 15.6. The monoisotopic (exact) mass is 397 g/mol. The van der Waals surface area contributed by atoms with Gasteiger partial charge in [0.25, 0.3) is 5.91 Å². The average Bonchev–Trinajstić information content (AvgIpc) is 2.69. The Kier molecular flexibility index (Phi) is 6.16. The van der Waals surface area contributed by atoms with Crippen molar-refractivity contribution in [3.8, 4) is 5.75 Å². The highest BCUT2D eigenvalue weighted by atomic mass is 35.5. The number of anilines is 1. The smallest absolute Gasteiger partial charge is 0.338 e. The van der Waals surface area contributed by atoms with Crippen LogP contribution in [-0.4, -0.2) is 24.6 Å². The van der Waals surface area contributed by atoms with Crippen LogP contribution in [0.25, 0.3) is 10.8 Å². The molecule has 0 aromatic heterocycles. The number of nitrogens with one attached hydrogen (secondary N) is 1. The van der Waals surface area contributed by atoms with Crippen molar-refractivity contribution in [2.24, 2.45) is 0 Å². The number of carbonyl (C=O) groups excluding carboxylic acids is 2. The SMILES string of the molecule is CCOC(=O)c1ccc(NC(=O)[C@H](C)Oc2ccc3ccccc3c2)c(Cl)c1. The normalized spacial score (nSPS) is 11.7. The predicted octanol–water partition coefficient (Wildman–Crippen LogP) is 5.08. The lowest BCUT2D eigenvalue weighted by atomic mass is 10.1. The van der Waals surface area contributed by atoms with Crippen LogP contribution in [0.2, 0.25) is 5.02 Å². The van der Waals surface area contributed by atoms with Crippen LogP contribution >= 0.6 is 11.6 Å². The Morgan fingerprint density at radius 3 is 2.50 bits per heavy atom. The number of esters is 1. The van der Waals surface area contributed by atoms with Gasteiger partial charge in [-0.3, -0.25) is 4.79 Å². The summed E-state index contributed by atoms with van der Waals surface area (Å²) in [6, 6.07) is 18.1. The van der Waals surface area contributed by atoms with Crippen LogP contribution in [-0.2, 0) is 9.53 Å². The maximum Gasteiger partial charge on any atom is 0.338 e. The third-order valence-electron chi connectivity index (χ3n) is 4.14. The summed E-state index contributed by atoms with van der Waals surface area (Å²) in [6.45, 7) is 3.66. The Morgan fingerprint density at radius 2 is 1.79 bits per heavy atom. The summed E-state index contributed by atoms with van der Waals surface area (Å²) in [5.74, 6) is -0.209. The minimum absolute atomic E-state index is 0.247. The van der Waals surface area contributed by atoms with Gasteiger partial charge in [-0.2, -0.15) is 0 Å². The van der Waals surface area contributed by atoms with E-state index in [4.69, 9.17) is 21.1 Å². The molecule has 144 valence electrons. The number of hydrogen-bond donors (Lipinski definition) is 1. The van der Waals surface area contributed by atoms with Gasteiger partial charge in [-0.1, -0.05) is 41.9 Å². The molecule has 3 rings (SSSR count). The fraction of sp³-hybridized carbons (Fsp3) is 0.182. The molecule has 28 heavy (non-hydrogen) atoms. The number of hydrogen-bond acceptors (Lipinski definition) is 4. The first-order valence-corrected chi connectivity index (χ1v) is 9.28. The second kappa shape index (κ2) is 8.76. The second-order valence-corrected chi connectivity index (χ2v) is 6.58. The first kappa shape index (κ1) is 19.7. The van der Waals surface area contributed by atoms with E-state index in [0.29, 0.717) is 17.0 Å². The van der Waals surface area contributed by atoms with Crippen LogP contribution in [0.15, 0.2) is 60.7 Å². The van der Waals surface area contributed by atoms with Crippen molar-refractivity contribution in [2.45, 2.75) is 20.0 Å². The van der Waals surface area contributed by atoms with Crippen LogP contribution in [0.4, 0.5) is 5.69 Å². The van der Waals surface area contributed by atoms with Crippen LogP contribution < -0.4 is 10.1 Å². The fourth-order valence-electron chi connectivity index (χ4n) is 2.69. The predicted molar refractivity (Wildman–Crippen MR) is 110 cm³/mol. The first-order chi connectivity index (χ1) is 13.5. The van der Waals surface area contributed by atoms with Gasteiger partial charge >= 0.3 is 5.97 Å². The fourth-order valence-corrected chi connectivity index (χ4v) is 2.92. The standard InChI is InChI=1S/C22H20ClNO4/c1-3-27-22(26)17-9-11-20(19(23)13-17)24-21(25)14(2)28-18-10-8-15-6-4-5-7-16(15)12-18/h4-14H,3H2,1-2H3,(H,24,25)/t14-/m0/s1. The number of fused-ring (bicyclic) bond motifs is 1. The molecule has 0 unspecified atom stereocenters. The molecule has 0 saturated carbocycles. The molecule has 0 bridgehead atoms. The summed E-state index contributed by atoms with van der Waals surface area (Å²) >= 11 is 6.18. The third-order valence-corrected chi connectivity index (χ3v) is 4.45. The molecule has 0 spiro atoms. The summed E-state index contributed by atoms with van der Waals surface area (Å²) in [7, 11) is 0. The maximum atomic E-state index is 12.5. The number of amides is 1. The Bertz CT molecular complexity index is 1020. The van der Waals surface area contributed by atoms with E-state index < -0.39 is 12.1 Å². The number of benzene rings is 3. The molecule has 0 radical (unpaired) electrons. The highest BCUT2D eigenvalue weighted by Gasteiger charge is 2.17. The van der Waals surface area contributed by atoms with E-state index >= 15 is 0 Å². The van der Waals surface area contributed by atoms with Crippen molar-refractivity contribution in [3.63, 3.8) is 0 Å². The van der Waals surface area contributed by atoms with Gasteiger partial charge in [-0.05, 0) is 55.0 Å². The molecule has 1 N–H and O–H groups in total. The molecule has 5 nitrogen and oxygen atoms in total. The average molecular weight is 398 g/mol. The van der Waals surface area contributed by atoms with Gasteiger partial charge in [-0.15, -0.1) is 0 Å². The zero-order valence-corrected chi connectivity index (χ0v) is 16.3. The van der Waals surface area contributed by atoms with Crippen LogP contribution in [0, 0.1) is 0 Å². The van der Waals surface area contributed by atoms with Gasteiger partial charge in [0.05, 0.1) is 22.9 Å². The molecule has 0 fully saturated rings. The molecule has 0 heterocycles. The molecule has 3 aromatic carbocycles. The molecule has 0 saturated heterocycles. The van der Waals surface area contributed by atoms with Crippen LogP contribution in [0.1, 0.15) is 24.2 Å². The zero-order chi connectivity index (χ0) is 20.1. The van der Waals surface area contributed by atoms with E-state index in [1.54, 1.807) is 26.0 Å². The van der Waals surface area contributed by atoms with E-state index in [0.717, 1.165) is 10.8 Å². The summed E-state index contributed by atoms with van der Waals surface area (Å²) in [6.07, 6.45) is -0.734. The molecule has 0 aliphatic heterocycles. The van der Waals surface area contributed by atoms with Crippen molar-refractivity contribution in [1.82, 2.24) is 0 Å². The Labute approximate surface area is 168 Å². The maximum absolute atomic E-state index is 12.5. The van der Waals surface area contributed by atoms with Crippen LogP contribution in [0.3, 0.4) is 0 Å². The van der Waals surface area contributed by atoms with Crippen molar-refractivity contribution < 1.29 is 19.1 Å². The van der Waals surface area contributed by atoms with Crippen molar-refractivity contribution in [1.29, 1.82) is 0 Å². The summed E-state index contributed by atoms with van der Waals surface area (Å²) in [5, 5.41) is 5.09. The second-order valence-electron chi connectivity index (χ2n) is 6.17. The van der Waals surface area contributed by atoms with Gasteiger partial charge in [0, 0.05) is 0 Å². The molecule has 0 aliphatic rings. The summed E-state index contributed by atoms with van der Waals surface area (Å²) in [4.78, 5) is 24.2. The number of halogens is 1. The minimum Gasteiger partial charge on any atom is -0.481 e. The lowest BCUT2D eigenvalue weighted by Crippen LogP contribution is -2.30. The quantitative estimate of drug-likeness (QED) is 0.589. The lowest BCUT2D eigenvalue weighted by molar-refractivity contribution is -0.122. The van der Waals surface area contributed by atoms with E-state index in [1.807, 2.05) is 42.5 Å². The summed E-state index contributed by atoms with van der Waals surface area (Å²) in [5.41, 5.74) is 0.721. The molecule has 3 aromatic rings. The Morgan fingerprint density at radius 1 is 1.04 bits per heavy atom. The van der Waals surface area contributed by atoms with Gasteiger partial charge in [-0.25, -0.2) is 4.79 Å². The molecule has 1 amide bonds. The van der Waals surface area contributed by atoms with Crippen molar-refractivity contribution in [2.75, 3.05) is 11.9 Å². The van der Waals surface area contributed by atoms with Crippen molar-refractivity contribution in [3.05, 3.63) is 71.2 Å². The van der Waals surface area contributed by atoms with Gasteiger partial charge in [0.15, 0.2) is 6.10 Å². The Hall–Kier alpha value is -3.05. The highest BCUT2D eigenvalue weighted by Crippen LogP contribution is 2.25. The number of carbonyl (C=O) groups is 2. The molecule has 6 heteroatoms. The largest absolute Gasteiger partial charge is 0.481 e. The Balaban J connectivity index is 1.67. The minimum atomic E-state index is -0.734. The third kappa shape index (κ3) is 4.61. The first-order valence-electron chi connectivity index (χ1n) is 8.91. The molecular formula is C22H20ClNO4. The van der Waals surface area contributed by atoms with Crippen molar-refractivity contribution >= 4 is 39.9 Å². The highest BCUT2D eigenvalue weighted by molar-refractivity contribution is 6.34. The van der Waals surface area contributed by atoms with E-state index in [9.17, 15) is 9.59 Å². The molecule has 0 aliphatic carbocycles. The van der Waals surface area contributed by atoms with Crippen LogP contribution in [0.5, 0.6) is 5.75 Å². The molecule has 1 atom stereocenters. The topological polar surface area (TPSA) is 64.6 Å². The van der Waals surface area contributed by atoms with E-state index in [-0.39, 0.29) is 17.5 Å². The number of rotatable bonds is 6. The van der Waals surface area contributed by atoms with E-state index in [2.05, 4.69) is 5.32 Å². The van der Waals surface area contributed by atoms with E-state index in [1.165, 1.54) is 6.07 Å². The summed E-state index contributed by atoms with van der Waals surface area (Å²) < 4.78 is 10.7. The van der Waals surface area contributed by atoms with Gasteiger partial charge in [0.2, 0.25) is 0 Å².